The van der Waals surface area contributed by atoms with E-state index in [4.69, 9.17) is 8.92 Å². The summed E-state index contributed by atoms with van der Waals surface area (Å²) in [6.07, 6.45) is 1.39. The molecule has 0 spiro atoms. The lowest BCUT2D eigenvalue weighted by molar-refractivity contribution is -0.122. The number of ether oxygens (including phenoxy) is 1. The predicted octanol–water partition coefficient (Wildman–Crippen LogP) is 3.41. The summed E-state index contributed by atoms with van der Waals surface area (Å²) in [5.74, 6) is -0.411. The molecular weight excluding hydrogens is 516 g/mol. The third-order valence-electron chi connectivity index (χ3n) is 4.98. The summed E-state index contributed by atoms with van der Waals surface area (Å²) in [4.78, 5) is 24.5. The van der Waals surface area contributed by atoms with Crippen LogP contribution in [0.3, 0.4) is 0 Å². The number of amidine groups is 1. The average Bonchev–Trinajstić information content (AvgIpc) is 3.24. The van der Waals surface area contributed by atoms with Crippen LogP contribution in [0, 0.1) is 0 Å². The van der Waals surface area contributed by atoms with Crippen LogP contribution >= 0.6 is 11.8 Å². The topological polar surface area (TPSA) is 136 Å². The summed E-state index contributed by atoms with van der Waals surface area (Å²) in [7, 11) is -2.64. The van der Waals surface area contributed by atoms with Crippen LogP contribution in [0.4, 0.5) is 5.69 Å². The van der Waals surface area contributed by atoms with Gasteiger partial charge in [-0.1, -0.05) is 48.2 Å². The van der Waals surface area contributed by atoms with Gasteiger partial charge in [0.25, 0.3) is 0 Å². The van der Waals surface area contributed by atoms with Crippen molar-refractivity contribution in [1.29, 1.82) is 0 Å². The van der Waals surface area contributed by atoms with Crippen molar-refractivity contribution < 1.29 is 26.9 Å². The fourth-order valence-corrected chi connectivity index (χ4v) is 5.11. The van der Waals surface area contributed by atoms with Crippen molar-refractivity contribution in [2.45, 2.75) is 16.6 Å². The van der Waals surface area contributed by atoms with E-state index in [-0.39, 0.29) is 39.8 Å². The van der Waals surface area contributed by atoms with E-state index >= 15 is 0 Å². The van der Waals surface area contributed by atoms with E-state index < -0.39 is 15.4 Å². The second-order valence-electron chi connectivity index (χ2n) is 7.62. The first-order chi connectivity index (χ1) is 17.8. The number of thioether (sulfide) groups is 1. The highest BCUT2D eigenvalue weighted by molar-refractivity contribution is 8.15. The van der Waals surface area contributed by atoms with Crippen LogP contribution in [-0.2, 0) is 19.7 Å². The summed E-state index contributed by atoms with van der Waals surface area (Å²) in [5, 5.41) is 13.0. The Hall–Kier alpha value is -4.16. The van der Waals surface area contributed by atoms with Crippen LogP contribution < -0.4 is 19.6 Å². The third kappa shape index (κ3) is 6.96. The Balaban J connectivity index is 1.37. The molecule has 0 aliphatic carbocycles. The molecule has 190 valence electrons. The lowest BCUT2D eigenvalue weighted by atomic mass is 10.2. The average molecular weight is 539 g/mol. The van der Waals surface area contributed by atoms with Crippen LogP contribution in [0.15, 0.2) is 94.0 Å². The van der Waals surface area contributed by atoms with E-state index in [0.29, 0.717) is 11.3 Å². The number of nitrogens with zero attached hydrogens (tertiary/aromatic N) is 2. The predicted molar refractivity (Wildman–Crippen MR) is 141 cm³/mol. The molecule has 1 saturated heterocycles. The maximum atomic E-state index is 12.5. The molecule has 1 aliphatic rings. The van der Waals surface area contributed by atoms with Gasteiger partial charge in [0.2, 0.25) is 11.8 Å². The Morgan fingerprint density at radius 3 is 2.46 bits per heavy atom. The van der Waals surface area contributed by atoms with Crippen LogP contribution in [-0.4, -0.2) is 44.0 Å². The maximum Gasteiger partial charge on any atom is 0.339 e. The van der Waals surface area contributed by atoms with Crippen molar-refractivity contribution in [3.8, 4) is 11.5 Å². The lowest BCUT2D eigenvalue weighted by Gasteiger charge is -2.11. The summed E-state index contributed by atoms with van der Waals surface area (Å²) in [6.45, 7) is 0. The minimum Gasteiger partial charge on any atom is -0.493 e. The molecule has 1 aliphatic heterocycles. The minimum absolute atomic E-state index is 0.0152. The highest BCUT2D eigenvalue weighted by Crippen LogP contribution is 2.30. The normalized spacial score (nSPS) is 16.5. The molecular formula is C25H22N4O6S2. The molecule has 1 unspecified atom stereocenters. The zero-order valence-electron chi connectivity index (χ0n) is 19.5. The van der Waals surface area contributed by atoms with Crippen LogP contribution in [0.25, 0.3) is 0 Å². The van der Waals surface area contributed by atoms with E-state index in [2.05, 4.69) is 20.8 Å². The lowest BCUT2D eigenvalue weighted by Crippen LogP contribution is -2.28. The molecule has 3 aromatic carbocycles. The maximum absolute atomic E-state index is 12.5. The Kier molecular flexibility index (Phi) is 8.21. The first kappa shape index (κ1) is 25.9. The van der Waals surface area contributed by atoms with Gasteiger partial charge < -0.3 is 19.6 Å². The second kappa shape index (κ2) is 11.7. The molecule has 10 nitrogen and oxygen atoms in total. The molecule has 2 N–H and O–H groups in total. The first-order valence-corrected chi connectivity index (χ1v) is 13.2. The van der Waals surface area contributed by atoms with Crippen LogP contribution in [0.2, 0.25) is 0 Å². The van der Waals surface area contributed by atoms with Gasteiger partial charge in [-0.05, 0) is 48.0 Å². The third-order valence-corrected chi connectivity index (χ3v) is 7.30. The van der Waals surface area contributed by atoms with Gasteiger partial charge >= 0.3 is 10.1 Å². The molecule has 3 aromatic rings. The number of benzene rings is 3. The van der Waals surface area contributed by atoms with Gasteiger partial charge in [-0.15, -0.1) is 5.10 Å². The molecule has 2 amide bonds. The largest absolute Gasteiger partial charge is 0.493 e. The number of hydrogen-bond donors (Lipinski definition) is 2. The number of rotatable bonds is 9. The Morgan fingerprint density at radius 2 is 1.76 bits per heavy atom. The molecule has 4 rings (SSSR count). The number of carbonyl (C=O) groups is 2. The van der Waals surface area contributed by atoms with Crippen molar-refractivity contribution in [3.63, 3.8) is 0 Å². The highest BCUT2D eigenvalue weighted by atomic mass is 32.2. The van der Waals surface area contributed by atoms with E-state index in [9.17, 15) is 18.0 Å². The fourth-order valence-electron chi connectivity index (χ4n) is 3.22. The van der Waals surface area contributed by atoms with Crippen molar-refractivity contribution in [1.82, 2.24) is 5.32 Å². The fraction of sp³-hybridized carbons (Fsp3) is 0.120. The van der Waals surface area contributed by atoms with Gasteiger partial charge in [0.05, 0.1) is 13.3 Å². The first-order valence-electron chi connectivity index (χ1n) is 10.9. The smallest absolute Gasteiger partial charge is 0.339 e. The molecule has 37 heavy (non-hydrogen) atoms. The number of carbonyl (C=O) groups excluding carboxylic acids is 2. The zero-order valence-corrected chi connectivity index (χ0v) is 21.2. The molecule has 12 heteroatoms. The van der Waals surface area contributed by atoms with Crippen LogP contribution in [0.1, 0.15) is 12.0 Å². The van der Waals surface area contributed by atoms with Gasteiger partial charge in [-0.25, -0.2) is 0 Å². The molecule has 0 radical (unpaired) electrons. The molecule has 0 saturated carbocycles. The van der Waals surface area contributed by atoms with Gasteiger partial charge in [0, 0.05) is 12.1 Å². The number of nitrogens with one attached hydrogen (secondary N) is 2. The molecule has 1 heterocycles. The quantitative estimate of drug-likeness (QED) is 0.242. The zero-order chi connectivity index (χ0) is 26.3. The second-order valence-corrected chi connectivity index (χ2v) is 10.4. The summed E-state index contributed by atoms with van der Waals surface area (Å²) >= 11 is 1.11. The monoisotopic (exact) mass is 538 g/mol. The minimum atomic E-state index is -4.03. The Bertz CT molecular complexity index is 1440. The van der Waals surface area contributed by atoms with Gasteiger partial charge in [-0.3, -0.25) is 9.59 Å². The Labute approximate surface area is 217 Å². The van der Waals surface area contributed by atoms with Crippen LogP contribution in [0.5, 0.6) is 11.5 Å². The molecule has 1 atom stereocenters. The molecule has 0 aromatic heterocycles. The van der Waals surface area contributed by atoms with Crippen molar-refractivity contribution in [2.24, 2.45) is 10.2 Å². The summed E-state index contributed by atoms with van der Waals surface area (Å²) in [6, 6.07) is 21.3. The number of para-hydroxylation sites is 1. The number of hydrogen-bond acceptors (Lipinski definition) is 9. The molecule has 0 bridgehead atoms. The SMILES string of the molecule is COc1cc(/C=N/N=C2\NC(=O)C(CC(=O)Nc3ccccc3)S2)ccc1OS(=O)(=O)c1ccccc1. The van der Waals surface area contributed by atoms with Crippen molar-refractivity contribution >= 4 is 50.8 Å². The van der Waals surface area contributed by atoms with Crippen molar-refractivity contribution in [3.05, 3.63) is 84.4 Å². The molecule has 1 fully saturated rings. The van der Waals surface area contributed by atoms with E-state index in [1.54, 1.807) is 48.5 Å². The van der Waals surface area contributed by atoms with Crippen molar-refractivity contribution in [2.75, 3.05) is 12.4 Å². The standard InChI is InChI=1S/C25H22N4O6S2/c1-34-21-14-17(12-13-20(21)35-37(32,33)19-10-6-3-7-11-19)16-26-29-25-28-24(31)22(36-25)15-23(30)27-18-8-4-2-5-9-18/h2-14,16,22H,15H2,1H3,(H,27,30)(H,28,29,31)/b26-16+. The van der Waals surface area contributed by atoms with E-state index in [1.165, 1.54) is 37.6 Å². The number of methoxy groups -OCH3 is 1. The van der Waals surface area contributed by atoms with E-state index in [0.717, 1.165) is 11.8 Å². The van der Waals surface area contributed by atoms with Gasteiger partial charge in [-0.2, -0.15) is 13.5 Å². The summed E-state index contributed by atoms with van der Waals surface area (Å²) in [5.41, 5.74) is 1.21. The highest BCUT2D eigenvalue weighted by Gasteiger charge is 2.32. The summed E-state index contributed by atoms with van der Waals surface area (Å²) < 4.78 is 35.5. The number of amides is 2. The van der Waals surface area contributed by atoms with Gasteiger partial charge in [0.15, 0.2) is 16.7 Å². The van der Waals surface area contributed by atoms with Gasteiger partial charge in [0.1, 0.15) is 10.1 Å². The van der Waals surface area contributed by atoms with E-state index in [1.807, 2.05) is 6.07 Å². The Morgan fingerprint density at radius 1 is 1.05 bits per heavy atom. The number of anilines is 1.